The molecule has 0 spiro atoms. The van der Waals surface area contributed by atoms with Gasteiger partial charge in [-0.2, -0.15) is 31.4 Å². The number of H-pyrrole nitrogens is 1. The van der Waals surface area contributed by atoms with Crippen molar-refractivity contribution in [3.05, 3.63) is 44.9 Å². The first-order valence-electron chi connectivity index (χ1n) is 6.83. The normalized spacial score (nSPS) is 16.3. The molecular weight excluding hydrogens is 342 g/mol. The van der Waals surface area contributed by atoms with Gasteiger partial charge in [-0.3, -0.25) is 4.79 Å². The Hall–Kier alpha value is -2.26. The predicted octanol–water partition coefficient (Wildman–Crippen LogP) is 3.55. The number of aromatic amines is 1. The summed E-state index contributed by atoms with van der Waals surface area (Å²) in [6.07, 6.45) is -10.7. The maximum absolute atomic E-state index is 13.0. The van der Waals surface area contributed by atoms with E-state index in [0.29, 0.717) is 0 Å². The first kappa shape index (κ1) is 18.1. The maximum atomic E-state index is 13.0. The molecule has 0 unspecified atom stereocenters. The van der Waals surface area contributed by atoms with Gasteiger partial charge in [0, 0.05) is 11.6 Å². The lowest BCUT2D eigenvalue weighted by molar-refractivity contribution is -0.0992. The van der Waals surface area contributed by atoms with E-state index in [-0.39, 0.29) is 36.6 Å². The lowest BCUT2D eigenvalue weighted by Crippen LogP contribution is -2.21. The van der Waals surface area contributed by atoms with Crippen molar-refractivity contribution in [2.24, 2.45) is 0 Å². The van der Waals surface area contributed by atoms with Crippen LogP contribution in [0.15, 0.2) is 33.7 Å². The summed E-state index contributed by atoms with van der Waals surface area (Å²) in [4.78, 5) is 11.0. The Morgan fingerprint density at radius 2 is 1.75 bits per heavy atom. The van der Waals surface area contributed by atoms with Crippen LogP contribution in [0.3, 0.4) is 0 Å². The number of rotatable bonds is 3. The molecule has 24 heavy (non-hydrogen) atoms. The molecule has 2 rings (SSSR count). The third-order valence-corrected chi connectivity index (χ3v) is 3.59. The van der Waals surface area contributed by atoms with Gasteiger partial charge in [-0.25, -0.2) is 5.10 Å². The van der Waals surface area contributed by atoms with Crippen LogP contribution in [0.5, 0.6) is 5.75 Å². The van der Waals surface area contributed by atoms with Crippen LogP contribution in [0.4, 0.5) is 26.3 Å². The summed E-state index contributed by atoms with van der Waals surface area (Å²) in [5, 5.41) is 14.8. The van der Waals surface area contributed by atoms with E-state index >= 15 is 0 Å². The molecule has 0 bridgehead atoms. The van der Waals surface area contributed by atoms with Gasteiger partial charge in [-0.15, -0.1) is 0 Å². The molecule has 1 aliphatic rings. The van der Waals surface area contributed by atoms with E-state index in [1.807, 2.05) is 5.10 Å². The lowest BCUT2D eigenvalue weighted by Gasteiger charge is -2.23. The minimum Gasteiger partial charge on any atom is -0.503 e. The molecule has 1 heterocycles. The van der Waals surface area contributed by atoms with Gasteiger partial charge in [-0.05, 0) is 31.8 Å². The Labute approximate surface area is 131 Å². The van der Waals surface area contributed by atoms with Gasteiger partial charge in [0.1, 0.15) is 0 Å². The average Bonchev–Trinajstić information content (AvgIpc) is 2.46. The molecule has 1 aliphatic carbocycles. The van der Waals surface area contributed by atoms with E-state index in [0.717, 1.165) is 6.07 Å². The molecule has 2 N–H and O–H groups in total. The van der Waals surface area contributed by atoms with Crippen LogP contribution in [0.2, 0.25) is 0 Å². The van der Waals surface area contributed by atoms with Gasteiger partial charge in [0.15, 0.2) is 5.75 Å². The second-order valence-electron chi connectivity index (χ2n) is 5.26. The smallest absolute Gasteiger partial charge is 0.416 e. The standard InChI is InChI=1S/C14H12F6N2O2/c15-13(16,17)8-3-1-7(10(5-8)14(18,19)20)2-4-9-6-11(23)12(24)22-21-9/h5-6H,1-4H2,(H,21,23)(H,22,24). The highest BCUT2D eigenvalue weighted by Gasteiger charge is 2.41. The van der Waals surface area contributed by atoms with Crippen LogP contribution in [0, 0.1) is 0 Å². The van der Waals surface area contributed by atoms with Crippen molar-refractivity contribution in [3.8, 4) is 5.75 Å². The van der Waals surface area contributed by atoms with Crippen LogP contribution >= 0.6 is 0 Å². The van der Waals surface area contributed by atoms with Crippen LogP contribution in [0.25, 0.3) is 0 Å². The molecule has 0 aliphatic heterocycles. The number of hydrogen-bond donors (Lipinski definition) is 2. The molecule has 0 saturated heterocycles. The van der Waals surface area contributed by atoms with E-state index in [1.165, 1.54) is 0 Å². The van der Waals surface area contributed by atoms with Gasteiger partial charge in [0.05, 0.1) is 11.3 Å². The van der Waals surface area contributed by atoms with E-state index in [2.05, 4.69) is 5.10 Å². The molecule has 0 amide bonds. The van der Waals surface area contributed by atoms with Crippen molar-refractivity contribution < 1.29 is 31.4 Å². The largest absolute Gasteiger partial charge is 0.503 e. The first-order chi connectivity index (χ1) is 11.0. The Balaban J connectivity index is 2.28. The molecule has 0 aromatic carbocycles. The maximum Gasteiger partial charge on any atom is 0.416 e. The van der Waals surface area contributed by atoms with Crippen LogP contribution < -0.4 is 5.56 Å². The van der Waals surface area contributed by atoms with E-state index in [9.17, 15) is 36.2 Å². The Morgan fingerprint density at radius 3 is 2.29 bits per heavy atom. The van der Waals surface area contributed by atoms with E-state index in [1.54, 1.807) is 0 Å². The second-order valence-corrected chi connectivity index (χ2v) is 5.26. The van der Waals surface area contributed by atoms with Crippen molar-refractivity contribution >= 4 is 0 Å². The van der Waals surface area contributed by atoms with Crippen LogP contribution in [-0.2, 0) is 6.42 Å². The summed E-state index contributed by atoms with van der Waals surface area (Å²) in [6, 6.07) is 1.01. The fraction of sp³-hybridized carbons (Fsp3) is 0.429. The molecule has 0 radical (unpaired) electrons. The monoisotopic (exact) mass is 354 g/mol. The predicted molar refractivity (Wildman–Crippen MR) is 71.3 cm³/mol. The molecule has 1 aromatic rings. The summed E-state index contributed by atoms with van der Waals surface area (Å²) >= 11 is 0. The Bertz CT molecular complexity index is 743. The van der Waals surface area contributed by atoms with E-state index in [4.69, 9.17) is 0 Å². The molecular formula is C14H12F6N2O2. The van der Waals surface area contributed by atoms with Gasteiger partial charge in [0.25, 0.3) is 0 Å². The zero-order valence-electron chi connectivity index (χ0n) is 12.1. The molecule has 0 atom stereocenters. The Morgan fingerprint density at radius 1 is 1.08 bits per heavy atom. The minimum atomic E-state index is -4.90. The summed E-state index contributed by atoms with van der Waals surface area (Å²) in [6.45, 7) is 0. The summed E-state index contributed by atoms with van der Waals surface area (Å²) in [5.74, 6) is -0.632. The second kappa shape index (κ2) is 6.33. The van der Waals surface area contributed by atoms with Crippen molar-refractivity contribution in [1.82, 2.24) is 10.2 Å². The minimum absolute atomic E-state index is 0.0611. The molecule has 10 heteroatoms. The number of aryl methyl sites for hydroxylation is 1. The first-order valence-corrected chi connectivity index (χ1v) is 6.83. The quantitative estimate of drug-likeness (QED) is 0.816. The number of alkyl halides is 6. The van der Waals surface area contributed by atoms with Crippen molar-refractivity contribution in [3.63, 3.8) is 0 Å². The number of nitrogens with one attached hydrogen (secondary N) is 1. The van der Waals surface area contributed by atoms with Gasteiger partial charge in [-0.1, -0.05) is 5.57 Å². The van der Waals surface area contributed by atoms with Crippen molar-refractivity contribution in [2.45, 2.75) is 38.0 Å². The van der Waals surface area contributed by atoms with E-state index < -0.39 is 41.2 Å². The highest BCUT2D eigenvalue weighted by molar-refractivity contribution is 5.39. The number of nitrogens with zero attached hydrogens (tertiary/aromatic N) is 1. The highest BCUT2D eigenvalue weighted by atomic mass is 19.4. The number of aromatic nitrogens is 2. The molecule has 4 nitrogen and oxygen atoms in total. The van der Waals surface area contributed by atoms with Crippen LogP contribution in [0.1, 0.15) is 25.0 Å². The zero-order chi connectivity index (χ0) is 18.1. The van der Waals surface area contributed by atoms with Crippen molar-refractivity contribution in [1.29, 1.82) is 0 Å². The fourth-order valence-electron chi connectivity index (χ4n) is 2.38. The van der Waals surface area contributed by atoms with Gasteiger partial charge in [0.2, 0.25) is 0 Å². The molecule has 0 saturated carbocycles. The highest BCUT2D eigenvalue weighted by Crippen LogP contribution is 2.41. The van der Waals surface area contributed by atoms with Gasteiger partial charge < -0.3 is 5.11 Å². The average molecular weight is 354 g/mol. The number of hydrogen-bond acceptors (Lipinski definition) is 3. The zero-order valence-corrected chi connectivity index (χ0v) is 12.1. The fourth-order valence-corrected chi connectivity index (χ4v) is 2.38. The SMILES string of the molecule is O=c1[nH]nc(CCC2=C(C(F)(F)F)C=C(C(F)(F)F)CC2)cc1O. The summed E-state index contributed by atoms with van der Waals surface area (Å²) < 4.78 is 77.0. The molecule has 0 fully saturated rings. The third kappa shape index (κ3) is 4.18. The molecule has 1 aromatic heterocycles. The number of allylic oxidation sites excluding steroid dienone is 4. The Kier molecular flexibility index (Phi) is 4.77. The van der Waals surface area contributed by atoms with Gasteiger partial charge >= 0.3 is 17.9 Å². The topological polar surface area (TPSA) is 66.0 Å². The van der Waals surface area contributed by atoms with Crippen LogP contribution in [-0.4, -0.2) is 27.7 Å². The summed E-state index contributed by atoms with van der Waals surface area (Å²) in [5.41, 5.74) is -3.38. The number of halogens is 6. The van der Waals surface area contributed by atoms with Crippen molar-refractivity contribution in [2.75, 3.05) is 0 Å². The lowest BCUT2D eigenvalue weighted by atomic mass is 9.88. The summed E-state index contributed by atoms with van der Waals surface area (Å²) in [7, 11) is 0. The third-order valence-electron chi connectivity index (χ3n) is 3.59. The molecule has 132 valence electrons. The number of aromatic hydroxyl groups is 1.